The highest BCUT2D eigenvalue weighted by atomic mass is 32.2. The van der Waals surface area contributed by atoms with Crippen LogP contribution in [0.4, 0.5) is 11.4 Å². The van der Waals surface area contributed by atoms with Crippen molar-refractivity contribution in [3.8, 4) is 5.75 Å². The Balaban J connectivity index is 2.04. The molecule has 10 heteroatoms. The Morgan fingerprint density at radius 2 is 1.74 bits per heavy atom. The molecule has 0 atom stereocenters. The van der Waals surface area contributed by atoms with E-state index in [1.54, 1.807) is 38.4 Å². The molecule has 0 saturated carbocycles. The van der Waals surface area contributed by atoms with Crippen LogP contribution in [0.1, 0.15) is 5.56 Å². The minimum Gasteiger partial charge on any atom is -0.482 e. The van der Waals surface area contributed by atoms with Crippen LogP contribution in [0.25, 0.3) is 0 Å². The summed E-state index contributed by atoms with van der Waals surface area (Å²) >= 11 is 0. The largest absolute Gasteiger partial charge is 0.482 e. The number of aryl methyl sites for hydroxylation is 1. The lowest BCUT2D eigenvalue weighted by atomic mass is 10.2. The number of rotatable bonds is 9. The maximum absolute atomic E-state index is 12.4. The van der Waals surface area contributed by atoms with Gasteiger partial charge < -0.3 is 20.3 Å². The molecule has 0 radical (unpaired) electrons. The Hall–Kier alpha value is -3.11. The van der Waals surface area contributed by atoms with Crippen molar-refractivity contribution in [2.75, 3.05) is 52.0 Å². The first-order chi connectivity index (χ1) is 14.5. The van der Waals surface area contributed by atoms with Crippen LogP contribution >= 0.6 is 0 Å². The molecule has 0 fully saturated rings. The maximum atomic E-state index is 12.4. The second-order valence-electron chi connectivity index (χ2n) is 7.29. The van der Waals surface area contributed by atoms with Crippen molar-refractivity contribution in [3.05, 3.63) is 48.0 Å². The number of likely N-dealkylation sites (N-methyl/N-ethyl adjacent to an activating group) is 1. The lowest BCUT2D eigenvalue weighted by Crippen LogP contribution is -2.28. The Morgan fingerprint density at radius 3 is 2.39 bits per heavy atom. The predicted molar refractivity (Wildman–Crippen MR) is 120 cm³/mol. The van der Waals surface area contributed by atoms with Crippen molar-refractivity contribution >= 4 is 33.2 Å². The topological polar surface area (TPSA) is 108 Å². The number of carbonyl (C=O) groups excluding carboxylic acids is 2. The van der Waals surface area contributed by atoms with E-state index in [1.807, 2.05) is 13.0 Å². The predicted octanol–water partition coefficient (Wildman–Crippen LogP) is 1.76. The van der Waals surface area contributed by atoms with E-state index in [2.05, 4.69) is 10.6 Å². The quantitative estimate of drug-likeness (QED) is 0.605. The molecule has 31 heavy (non-hydrogen) atoms. The number of ether oxygens (including phenoxy) is 1. The summed E-state index contributed by atoms with van der Waals surface area (Å²) < 4.78 is 31.2. The fourth-order valence-corrected chi connectivity index (χ4v) is 3.44. The molecule has 2 N–H and O–H groups in total. The van der Waals surface area contributed by atoms with E-state index in [9.17, 15) is 18.0 Å². The number of hydrogen-bond donors (Lipinski definition) is 2. The van der Waals surface area contributed by atoms with Gasteiger partial charge in [0.2, 0.25) is 15.9 Å². The molecule has 0 aromatic heterocycles. The van der Waals surface area contributed by atoms with Crippen molar-refractivity contribution in [1.29, 1.82) is 0 Å². The molecule has 0 unspecified atom stereocenters. The summed E-state index contributed by atoms with van der Waals surface area (Å²) in [7, 11) is 2.57. The highest BCUT2D eigenvalue weighted by Crippen LogP contribution is 2.26. The van der Waals surface area contributed by atoms with E-state index in [-0.39, 0.29) is 29.9 Å². The van der Waals surface area contributed by atoms with Crippen molar-refractivity contribution in [2.24, 2.45) is 0 Å². The maximum Gasteiger partial charge on any atom is 0.259 e. The Bertz CT molecular complexity index is 1050. The van der Waals surface area contributed by atoms with E-state index < -0.39 is 10.0 Å². The van der Waals surface area contributed by atoms with E-state index in [0.29, 0.717) is 17.1 Å². The fourth-order valence-electron chi connectivity index (χ4n) is 2.49. The first kappa shape index (κ1) is 24.2. The SMILES string of the molecule is Cc1ccc(NCC(=O)Nc2cccc(S(=O)(=O)N(C)C)c2)c(OCC(=O)N(C)C)c1. The fraction of sp³-hybridized carbons (Fsp3) is 0.333. The van der Waals surface area contributed by atoms with Gasteiger partial charge in [-0.25, -0.2) is 12.7 Å². The van der Waals surface area contributed by atoms with E-state index >= 15 is 0 Å². The van der Waals surface area contributed by atoms with Crippen LogP contribution in [-0.4, -0.2) is 70.8 Å². The highest BCUT2D eigenvalue weighted by Gasteiger charge is 2.17. The van der Waals surface area contributed by atoms with Crippen LogP contribution in [-0.2, 0) is 19.6 Å². The van der Waals surface area contributed by atoms with Crippen LogP contribution in [0, 0.1) is 6.92 Å². The lowest BCUT2D eigenvalue weighted by molar-refractivity contribution is -0.130. The average Bonchev–Trinajstić information content (AvgIpc) is 2.71. The number of carbonyl (C=O) groups is 2. The summed E-state index contributed by atoms with van der Waals surface area (Å²) in [5, 5.41) is 5.66. The molecular formula is C21H28N4O5S. The third-order valence-electron chi connectivity index (χ3n) is 4.32. The Kier molecular flexibility index (Phi) is 8.01. The van der Waals surface area contributed by atoms with Gasteiger partial charge in [-0.3, -0.25) is 9.59 Å². The van der Waals surface area contributed by atoms with E-state index in [1.165, 1.54) is 31.1 Å². The molecule has 0 heterocycles. The summed E-state index contributed by atoms with van der Waals surface area (Å²) in [6.45, 7) is 1.70. The lowest BCUT2D eigenvalue weighted by Gasteiger charge is -2.16. The molecular weight excluding hydrogens is 420 g/mol. The van der Waals surface area contributed by atoms with E-state index in [0.717, 1.165) is 9.87 Å². The van der Waals surface area contributed by atoms with Gasteiger partial charge in [-0.2, -0.15) is 0 Å². The van der Waals surface area contributed by atoms with Crippen LogP contribution in [0.15, 0.2) is 47.4 Å². The van der Waals surface area contributed by atoms with Gasteiger partial charge in [0.15, 0.2) is 6.61 Å². The molecule has 0 bridgehead atoms. The summed E-state index contributed by atoms with van der Waals surface area (Å²) in [5.41, 5.74) is 1.88. The van der Waals surface area contributed by atoms with Crippen LogP contribution < -0.4 is 15.4 Å². The number of nitrogens with one attached hydrogen (secondary N) is 2. The summed E-state index contributed by atoms with van der Waals surface area (Å²) in [6, 6.07) is 11.4. The van der Waals surface area contributed by atoms with Gasteiger partial charge >= 0.3 is 0 Å². The molecule has 2 aromatic rings. The highest BCUT2D eigenvalue weighted by molar-refractivity contribution is 7.89. The molecule has 0 aliphatic heterocycles. The molecule has 168 valence electrons. The summed E-state index contributed by atoms with van der Waals surface area (Å²) in [4.78, 5) is 25.7. The zero-order chi connectivity index (χ0) is 23.2. The molecule has 2 amide bonds. The molecule has 2 aromatic carbocycles. The van der Waals surface area contributed by atoms with Gasteiger partial charge in [0.25, 0.3) is 5.91 Å². The second kappa shape index (κ2) is 10.3. The molecule has 0 aliphatic carbocycles. The van der Waals surface area contributed by atoms with Crippen molar-refractivity contribution in [2.45, 2.75) is 11.8 Å². The molecule has 0 spiro atoms. The number of amides is 2. The third-order valence-corrected chi connectivity index (χ3v) is 6.13. The minimum absolute atomic E-state index is 0.0777. The number of hydrogen-bond acceptors (Lipinski definition) is 6. The van der Waals surface area contributed by atoms with Crippen molar-refractivity contribution in [3.63, 3.8) is 0 Å². The first-order valence-corrected chi connectivity index (χ1v) is 10.9. The van der Waals surface area contributed by atoms with Crippen LogP contribution in [0.5, 0.6) is 5.75 Å². The molecule has 9 nitrogen and oxygen atoms in total. The van der Waals surface area contributed by atoms with Crippen molar-refractivity contribution in [1.82, 2.24) is 9.21 Å². The third kappa shape index (κ3) is 6.69. The number of benzene rings is 2. The van der Waals surface area contributed by atoms with Crippen LogP contribution in [0.2, 0.25) is 0 Å². The van der Waals surface area contributed by atoms with Gasteiger partial charge in [-0.15, -0.1) is 0 Å². The van der Waals surface area contributed by atoms with Gasteiger partial charge in [-0.05, 0) is 42.8 Å². The Labute approximate surface area is 183 Å². The first-order valence-electron chi connectivity index (χ1n) is 9.50. The number of sulfonamides is 1. The Morgan fingerprint density at radius 1 is 1.03 bits per heavy atom. The summed E-state index contributed by atoms with van der Waals surface area (Å²) in [6.07, 6.45) is 0. The summed E-state index contributed by atoms with van der Waals surface area (Å²) in [5.74, 6) is -0.0878. The van der Waals surface area contributed by atoms with Crippen molar-refractivity contribution < 1.29 is 22.7 Å². The second-order valence-corrected chi connectivity index (χ2v) is 9.45. The van der Waals surface area contributed by atoms with Crippen LogP contribution in [0.3, 0.4) is 0 Å². The van der Waals surface area contributed by atoms with Gasteiger partial charge in [-0.1, -0.05) is 12.1 Å². The van der Waals surface area contributed by atoms with E-state index in [4.69, 9.17) is 4.74 Å². The standard InChI is InChI=1S/C21H28N4O5S/c1-15-9-10-18(19(11-15)30-14-21(27)24(2)3)22-13-20(26)23-16-7-6-8-17(12-16)31(28,29)25(4)5/h6-12,22H,13-14H2,1-5H3,(H,23,26). The van der Waals surface area contributed by atoms with Gasteiger partial charge in [0.1, 0.15) is 5.75 Å². The zero-order valence-electron chi connectivity index (χ0n) is 18.3. The average molecular weight is 449 g/mol. The van der Waals surface area contributed by atoms with Gasteiger partial charge in [0.05, 0.1) is 17.1 Å². The number of anilines is 2. The minimum atomic E-state index is -3.60. The monoisotopic (exact) mass is 448 g/mol. The molecule has 0 aliphatic rings. The molecule has 2 rings (SSSR count). The normalized spacial score (nSPS) is 11.2. The number of nitrogens with zero attached hydrogens (tertiary/aromatic N) is 2. The van der Waals surface area contributed by atoms with Gasteiger partial charge in [0, 0.05) is 33.9 Å². The zero-order valence-corrected chi connectivity index (χ0v) is 19.1. The smallest absolute Gasteiger partial charge is 0.259 e. The molecule has 0 saturated heterocycles.